The number of unbranched alkanes of at least 4 members (excludes halogenated alkanes) is 18. The summed E-state index contributed by atoms with van der Waals surface area (Å²) in [5, 5.41) is 4.72. The van der Waals surface area contributed by atoms with Gasteiger partial charge < -0.3 is 0 Å². The Kier molecular flexibility index (Phi) is 17.0. The average molecular weight is 465 g/mol. The zero-order chi connectivity index (χ0) is 24.2. The van der Waals surface area contributed by atoms with Gasteiger partial charge in [0.25, 0.3) is 0 Å². The summed E-state index contributed by atoms with van der Waals surface area (Å²) >= 11 is 0. The van der Waals surface area contributed by atoms with Crippen LogP contribution in [0.1, 0.15) is 155 Å². The first kappa shape index (κ1) is 29.6. The van der Waals surface area contributed by atoms with Crippen LogP contribution in [0.15, 0.2) is 0 Å². The standard InChI is InChI=1S/C28H52N2O3/c1-3-5-7-9-11-13-15-17-19-21-23-28(25(31)29-27(33)30-26(28)32)24-22-20-18-16-14-12-10-8-6-4-2/h3-24H2,1-2H3,(H2,29,30,31,32,33). The lowest BCUT2D eigenvalue weighted by molar-refractivity contribution is -0.145. The van der Waals surface area contributed by atoms with Crippen LogP contribution in [0.3, 0.4) is 0 Å². The van der Waals surface area contributed by atoms with E-state index in [9.17, 15) is 14.4 Å². The van der Waals surface area contributed by atoms with Gasteiger partial charge in [0.05, 0.1) is 0 Å². The molecule has 1 aliphatic heterocycles. The van der Waals surface area contributed by atoms with Gasteiger partial charge in [-0.25, -0.2) is 4.79 Å². The number of carbonyl (C=O) groups is 3. The molecule has 0 bridgehead atoms. The fourth-order valence-corrected chi connectivity index (χ4v) is 4.99. The Balaban J connectivity index is 2.30. The Morgan fingerprint density at radius 2 is 0.727 bits per heavy atom. The number of hydrogen-bond acceptors (Lipinski definition) is 3. The van der Waals surface area contributed by atoms with E-state index in [0.717, 1.165) is 38.5 Å². The molecule has 192 valence electrons. The molecular weight excluding hydrogens is 412 g/mol. The lowest BCUT2D eigenvalue weighted by Crippen LogP contribution is -2.62. The highest BCUT2D eigenvalue weighted by Crippen LogP contribution is 2.34. The first-order valence-corrected chi connectivity index (χ1v) is 14.2. The summed E-state index contributed by atoms with van der Waals surface area (Å²) in [5.74, 6) is -0.772. The van der Waals surface area contributed by atoms with E-state index in [0.29, 0.717) is 12.8 Å². The molecule has 5 nitrogen and oxygen atoms in total. The number of carbonyl (C=O) groups excluding carboxylic acids is 3. The summed E-state index contributed by atoms with van der Waals surface area (Å²) in [6.45, 7) is 4.48. The maximum atomic E-state index is 12.7. The van der Waals surface area contributed by atoms with Crippen molar-refractivity contribution in [2.75, 3.05) is 0 Å². The van der Waals surface area contributed by atoms with Crippen LogP contribution < -0.4 is 10.6 Å². The molecule has 1 fully saturated rings. The Morgan fingerprint density at radius 3 is 1.03 bits per heavy atom. The molecule has 1 saturated heterocycles. The van der Waals surface area contributed by atoms with E-state index < -0.39 is 11.4 Å². The van der Waals surface area contributed by atoms with Crippen LogP contribution in [-0.2, 0) is 9.59 Å². The van der Waals surface area contributed by atoms with Gasteiger partial charge >= 0.3 is 6.03 Å². The zero-order valence-electron chi connectivity index (χ0n) is 21.8. The third kappa shape index (κ3) is 12.6. The van der Waals surface area contributed by atoms with Crippen molar-refractivity contribution >= 4 is 17.8 Å². The van der Waals surface area contributed by atoms with E-state index in [1.165, 1.54) is 89.9 Å². The first-order valence-electron chi connectivity index (χ1n) is 14.2. The summed E-state index contributed by atoms with van der Waals surface area (Å²) in [6.07, 6.45) is 25.5. The SMILES string of the molecule is CCCCCCCCCCCCC1(CCCCCCCCCCCC)C(=O)NC(=O)NC1=O. The normalized spacial score (nSPS) is 15.5. The van der Waals surface area contributed by atoms with Crippen molar-refractivity contribution in [3.63, 3.8) is 0 Å². The second-order valence-corrected chi connectivity index (χ2v) is 10.2. The van der Waals surface area contributed by atoms with Gasteiger partial charge in [-0.3, -0.25) is 20.2 Å². The number of barbiturate groups is 1. The van der Waals surface area contributed by atoms with Gasteiger partial charge in [0.1, 0.15) is 5.41 Å². The predicted octanol–water partition coefficient (Wildman–Crippen LogP) is 7.96. The predicted molar refractivity (Wildman–Crippen MR) is 137 cm³/mol. The van der Waals surface area contributed by atoms with E-state index in [1.807, 2.05) is 0 Å². The third-order valence-corrected chi connectivity index (χ3v) is 7.24. The molecule has 1 aliphatic rings. The second-order valence-electron chi connectivity index (χ2n) is 10.2. The maximum absolute atomic E-state index is 12.7. The molecule has 5 heteroatoms. The molecule has 2 N–H and O–H groups in total. The summed E-state index contributed by atoms with van der Waals surface area (Å²) < 4.78 is 0. The van der Waals surface area contributed by atoms with Gasteiger partial charge in [0.2, 0.25) is 11.8 Å². The molecule has 0 aromatic carbocycles. The van der Waals surface area contributed by atoms with Crippen molar-refractivity contribution < 1.29 is 14.4 Å². The van der Waals surface area contributed by atoms with Crippen molar-refractivity contribution in [2.45, 2.75) is 155 Å². The topological polar surface area (TPSA) is 75.3 Å². The minimum atomic E-state index is -1.06. The Morgan fingerprint density at radius 1 is 0.455 bits per heavy atom. The Labute approximate surface area is 203 Å². The molecule has 0 aromatic rings. The quantitative estimate of drug-likeness (QED) is 0.126. The summed E-state index contributed by atoms with van der Waals surface area (Å²) in [5.41, 5.74) is -1.06. The Bertz CT molecular complexity index is 501. The highest BCUT2D eigenvalue weighted by Gasteiger charge is 2.48. The number of urea groups is 1. The molecule has 0 spiro atoms. The third-order valence-electron chi connectivity index (χ3n) is 7.24. The smallest absolute Gasteiger partial charge is 0.277 e. The Hall–Kier alpha value is -1.39. The highest BCUT2D eigenvalue weighted by atomic mass is 16.2. The minimum absolute atomic E-state index is 0.386. The monoisotopic (exact) mass is 464 g/mol. The molecule has 33 heavy (non-hydrogen) atoms. The lowest BCUT2D eigenvalue weighted by atomic mass is 9.75. The number of amides is 4. The molecule has 0 atom stereocenters. The molecule has 1 heterocycles. The van der Waals surface area contributed by atoms with E-state index in [2.05, 4.69) is 24.5 Å². The number of hydrogen-bond donors (Lipinski definition) is 2. The zero-order valence-corrected chi connectivity index (χ0v) is 21.8. The first-order chi connectivity index (χ1) is 16.1. The van der Waals surface area contributed by atoms with E-state index in [1.54, 1.807) is 0 Å². The van der Waals surface area contributed by atoms with E-state index in [4.69, 9.17) is 0 Å². The number of nitrogens with one attached hydrogen (secondary N) is 2. The minimum Gasteiger partial charge on any atom is -0.277 e. The molecular formula is C28H52N2O3. The van der Waals surface area contributed by atoms with Crippen LogP contribution in [0.4, 0.5) is 4.79 Å². The second kappa shape index (κ2) is 19.0. The molecule has 0 aliphatic carbocycles. The van der Waals surface area contributed by atoms with Gasteiger partial charge in [-0.1, -0.05) is 142 Å². The molecule has 4 amide bonds. The largest absolute Gasteiger partial charge is 0.328 e. The van der Waals surface area contributed by atoms with Crippen molar-refractivity contribution in [2.24, 2.45) is 5.41 Å². The van der Waals surface area contributed by atoms with Crippen LogP contribution >= 0.6 is 0 Å². The number of imide groups is 2. The molecule has 0 saturated carbocycles. The fourth-order valence-electron chi connectivity index (χ4n) is 4.99. The van der Waals surface area contributed by atoms with Crippen molar-refractivity contribution in [3.8, 4) is 0 Å². The van der Waals surface area contributed by atoms with E-state index in [-0.39, 0.29) is 11.8 Å². The summed E-state index contributed by atoms with van der Waals surface area (Å²) in [6, 6.07) is -0.674. The van der Waals surface area contributed by atoms with Crippen LogP contribution in [0, 0.1) is 5.41 Å². The van der Waals surface area contributed by atoms with Gasteiger partial charge in [0.15, 0.2) is 0 Å². The molecule has 0 radical (unpaired) electrons. The van der Waals surface area contributed by atoms with Gasteiger partial charge in [0, 0.05) is 0 Å². The van der Waals surface area contributed by atoms with Gasteiger partial charge in [-0.05, 0) is 12.8 Å². The van der Waals surface area contributed by atoms with Crippen LogP contribution in [0.2, 0.25) is 0 Å². The number of rotatable bonds is 22. The molecule has 0 unspecified atom stereocenters. The highest BCUT2D eigenvalue weighted by molar-refractivity contribution is 6.19. The van der Waals surface area contributed by atoms with Gasteiger partial charge in [-0.2, -0.15) is 0 Å². The van der Waals surface area contributed by atoms with Crippen molar-refractivity contribution in [1.29, 1.82) is 0 Å². The summed E-state index contributed by atoms with van der Waals surface area (Å²) in [7, 11) is 0. The van der Waals surface area contributed by atoms with E-state index >= 15 is 0 Å². The van der Waals surface area contributed by atoms with Crippen molar-refractivity contribution in [1.82, 2.24) is 10.6 Å². The lowest BCUT2D eigenvalue weighted by Gasteiger charge is -2.34. The molecule has 0 aromatic heterocycles. The fraction of sp³-hybridized carbons (Fsp3) is 0.893. The van der Waals surface area contributed by atoms with Crippen LogP contribution in [-0.4, -0.2) is 17.8 Å². The van der Waals surface area contributed by atoms with Crippen LogP contribution in [0.25, 0.3) is 0 Å². The van der Waals surface area contributed by atoms with Crippen LogP contribution in [0.5, 0.6) is 0 Å². The van der Waals surface area contributed by atoms with Crippen molar-refractivity contribution in [3.05, 3.63) is 0 Å². The average Bonchev–Trinajstić information content (AvgIpc) is 2.79. The molecule has 1 rings (SSSR count). The summed E-state index contributed by atoms with van der Waals surface area (Å²) in [4.78, 5) is 37.0. The van der Waals surface area contributed by atoms with Gasteiger partial charge in [-0.15, -0.1) is 0 Å². The maximum Gasteiger partial charge on any atom is 0.328 e.